The van der Waals surface area contributed by atoms with Gasteiger partial charge in [-0.05, 0) is 31.0 Å². The summed E-state index contributed by atoms with van der Waals surface area (Å²) in [5.41, 5.74) is -0.456. The third-order valence-electron chi connectivity index (χ3n) is 3.85. The normalized spacial score (nSPS) is 16.6. The highest BCUT2D eigenvalue weighted by Gasteiger charge is 2.37. The van der Waals surface area contributed by atoms with Gasteiger partial charge in [0.25, 0.3) is 0 Å². The molecule has 1 heterocycles. The Morgan fingerprint density at radius 1 is 1.33 bits per heavy atom. The third kappa shape index (κ3) is 3.15. The molecular formula is C15H19FN2O3. The number of urea groups is 1. The van der Waals surface area contributed by atoms with Gasteiger partial charge in [0.2, 0.25) is 0 Å². The van der Waals surface area contributed by atoms with E-state index in [-0.39, 0.29) is 18.4 Å². The lowest BCUT2D eigenvalue weighted by atomic mass is 9.82. The van der Waals surface area contributed by atoms with Crippen LogP contribution in [0, 0.1) is 5.82 Å². The van der Waals surface area contributed by atoms with Gasteiger partial charge in [-0.15, -0.1) is 0 Å². The molecule has 1 aromatic rings. The first kappa shape index (κ1) is 15.3. The Morgan fingerprint density at radius 3 is 2.43 bits per heavy atom. The zero-order chi connectivity index (χ0) is 15.5. The predicted octanol–water partition coefficient (Wildman–Crippen LogP) is 1.67. The maximum atomic E-state index is 13.0. The molecule has 0 radical (unpaired) electrons. The van der Waals surface area contributed by atoms with E-state index in [1.54, 1.807) is 11.8 Å². The third-order valence-corrected chi connectivity index (χ3v) is 3.85. The van der Waals surface area contributed by atoms with Gasteiger partial charge in [0.1, 0.15) is 11.2 Å². The van der Waals surface area contributed by atoms with Gasteiger partial charge in [0.15, 0.2) is 0 Å². The predicted molar refractivity (Wildman–Crippen MR) is 75.4 cm³/mol. The lowest BCUT2D eigenvalue weighted by Crippen LogP contribution is -2.52. The van der Waals surface area contributed by atoms with Gasteiger partial charge in [-0.3, -0.25) is 4.79 Å². The van der Waals surface area contributed by atoms with Crippen LogP contribution in [0.3, 0.4) is 0 Å². The fourth-order valence-corrected chi connectivity index (χ4v) is 2.22. The first-order valence-corrected chi connectivity index (χ1v) is 6.84. The van der Waals surface area contributed by atoms with Crippen LogP contribution in [0.2, 0.25) is 0 Å². The number of amides is 2. The van der Waals surface area contributed by atoms with E-state index in [0.29, 0.717) is 5.56 Å². The van der Waals surface area contributed by atoms with Crippen molar-refractivity contribution in [3.8, 4) is 0 Å². The van der Waals surface area contributed by atoms with E-state index in [1.807, 2.05) is 0 Å². The first-order chi connectivity index (χ1) is 9.97. The van der Waals surface area contributed by atoms with Crippen LogP contribution in [-0.4, -0.2) is 43.6 Å². The number of ether oxygens (including phenoxy) is 1. The van der Waals surface area contributed by atoms with E-state index in [4.69, 9.17) is 4.74 Å². The molecule has 1 unspecified atom stereocenters. The second-order valence-electron chi connectivity index (χ2n) is 5.33. The molecule has 1 atom stereocenters. The van der Waals surface area contributed by atoms with Crippen molar-refractivity contribution in [2.75, 3.05) is 26.7 Å². The summed E-state index contributed by atoms with van der Waals surface area (Å²) in [7, 11) is 1.29. The first-order valence-electron chi connectivity index (χ1n) is 6.84. The molecule has 1 aliphatic rings. The second-order valence-corrected chi connectivity index (χ2v) is 5.33. The minimum absolute atomic E-state index is 0.0979. The minimum atomic E-state index is -1.05. The van der Waals surface area contributed by atoms with Crippen LogP contribution < -0.4 is 5.32 Å². The van der Waals surface area contributed by atoms with E-state index in [9.17, 15) is 14.0 Å². The number of hydrogen-bond acceptors (Lipinski definition) is 3. The van der Waals surface area contributed by atoms with E-state index in [1.165, 1.54) is 31.4 Å². The number of benzene rings is 1. The lowest BCUT2D eigenvalue weighted by molar-refractivity contribution is -0.146. The summed E-state index contributed by atoms with van der Waals surface area (Å²) >= 11 is 0. The van der Waals surface area contributed by atoms with Crippen LogP contribution in [0.4, 0.5) is 9.18 Å². The Hall–Kier alpha value is -2.11. The molecule has 2 amide bonds. The number of carbonyl (C=O) groups excluding carboxylic acids is 2. The number of nitrogens with zero attached hydrogens (tertiary/aromatic N) is 1. The van der Waals surface area contributed by atoms with Crippen LogP contribution in [0.1, 0.15) is 18.9 Å². The molecule has 114 valence electrons. The zero-order valence-corrected chi connectivity index (χ0v) is 12.2. The molecule has 2 rings (SSSR count). The molecule has 1 fully saturated rings. The van der Waals surface area contributed by atoms with Gasteiger partial charge in [-0.1, -0.05) is 12.1 Å². The summed E-state index contributed by atoms with van der Waals surface area (Å²) in [6.07, 6.45) is 1.000. The molecule has 1 N–H and O–H groups in total. The summed E-state index contributed by atoms with van der Waals surface area (Å²) in [6.45, 7) is 3.23. The van der Waals surface area contributed by atoms with Crippen molar-refractivity contribution in [2.24, 2.45) is 0 Å². The van der Waals surface area contributed by atoms with Crippen molar-refractivity contribution in [2.45, 2.75) is 18.8 Å². The van der Waals surface area contributed by atoms with E-state index < -0.39 is 11.4 Å². The van der Waals surface area contributed by atoms with Crippen molar-refractivity contribution in [3.63, 3.8) is 0 Å². The second kappa shape index (κ2) is 6.11. The molecule has 0 saturated carbocycles. The SMILES string of the molecule is COC(=O)C(C)(CNC(=O)N1CCC1)c1ccc(F)cc1. The summed E-state index contributed by atoms with van der Waals surface area (Å²) in [5, 5.41) is 2.75. The van der Waals surface area contributed by atoms with Crippen molar-refractivity contribution in [3.05, 3.63) is 35.6 Å². The number of methoxy groups -OCH3 is 1. The highest BCUT2D eigenvalue weighted by Crippen LogP contribution is 2.25. The van der Waals surface area contributed by atoms with Gasteiger partial charge in [0, 0.05) is 19.6 Å². The Labute approximate surface area is 123 Å². The van der Waals surface area contributed by atoms with Gasteiger partial charge in [-0.2, -0.15) is 0 Å². The lowest BCUT2D eigenvalue weighted by Gasteiger charge is -2.33. The quantitative estimate of drug-likeness (QED) is 0.859. The zero-order valence-electron chi connectivity index (χ0n) is 12.2. The summed E-state index contributed by atoms with van der Waals surface area (Å²) < 4.78 is 17.9. The molecule has 1 saturated heterocycles. The van der Waals surface area contributed by atoms with Gasteiger partial charge < -0.3 is 15.0 Å². The van der Waals surface area contributed by atoms with Gasteiger partial charge in [0.05, 0.1) is 7.11 Å². The number of hydrogen-bond donors (Lipinski definition) is 1. The highest BCUT2D eigenvalue weighted by molar-refractivity contribution is 5.84. The largest absolute Gasteiger partial charge is 0.468 e. The molecule has 1 aliphatic heterocycles. The molecule has 21 heavy (non-hydrogen) atoms. The number of nitrogens with one attached hydrogen (secondary N) is 1. The standard InChI is InChI=1S/C15H19FN2O3/c1-15(13(19)21-2,11-4-6-12(16)7-5-11)10-17-14(20)18-8-3-9-18/h4-7H,3,8-10H2,1-2H3,(H,17,20). The summed E-state index contributed by atoms with van der Waals surface area (Å²) in [5.74, 6) is -0.853. The number of rotatable bonds is 4. The van der Waals surface area contributed by atoms with Crippen LogP contribution in [0.25, 0.3) is 0 Å². The topological polar surface area (TPSA) is 58.6 Å². The maximum Gasteiger partial charge on any atom is 0.317 e. The van der Waals surface area contributed by atoms with Gasteiger partial charge in [-0.25, -0.2) is 9.18 Å². The monoisotopic (exact) mass is 294 g/mol. The van der Waals surface area contributed by atoms with Crippen LogP contribution in [0.15, 0.2) is 24.3 Å². The Kier molecular flexibility index (Phi) is 4.45. The molecule has 0 aromatic heterocycles. The van der Waals surface area contributed by atoms with Crippen molar-refractivity contribution >= 4 is 12.0 Å². The fourth-order valence-electron chi connectivity index (χ4n) is 2.22. The maximum absolute atomic E-state index is 13.0. The molecule has 0 spiro atoms. The molecule has 1 aromatic carbocycles. The van der Waals surface area contributed by atoms with Crippen LogP contribution in [-0.2, 0) is 14.9 Å². The number of esters is 1. The number of halogens is 1. The average Bonchev–Trinajstić information content (AvgIpc) is 2.42. The fraction of sp³-hybridized carbons (Fsp3) is 0.467. The summed E-state index contributed by atoms with van der Waals surface area (Å²) in [4.78, 5) is 25.6. The van der Waals surface area contributed by atoms with E-state index in [0.717, 1.165) is 19.5 Å². The molecule has 6 heteroatoms. The Balaban J connectivity index is 2.14. The van der Waals surface area contributed by atoms with Crippen molar-refractivity contribution in [1.82, 2.24) is 10.2 Å². The van der Waals surface area contributed by atoms with Crippen molar-refractivity contribution in [1.29, 1.82) is 0 Å². The average molecular weight is 294 g/mol. The number of carbonyl (C=O) groups is 2. The molecule has 0 bridgehead atoms. The smallest absolute Gasteiger partial charge is 0.317 e. The number of likely N-dealkylation sites (tertiary alicyclic amines) is 1. The van der Waals surface area contributed by atoms with Crippen molar-refractivity contribution < 1.29 is 18.7 Å². The van der Waals surface area contributed by atoms with Crippen LogP contribution >= 0.6 is 0 Å². The Morgan fingerprint density at radius 2 is 1.95 bits per heavy atom. The van der Waals surface area contributed by atoms with E-state index in [2.05, 4.69) is 5.32 Å². The molecule has 0 aliphatic carbocycles. The Bertz CT molecular complexity index is 528. The van der Waals surface area contributed by atoms with Crippen LogP contribution in [0.5, 0.6) is 0 Å². The van der Waals surface area contributed by atoms with E-state index >= 15 is 0 Å². The minimum Gasteiger partial charge on any atom is -0.468 e. The van der Waals surface area contributed by atoms with Gasteiger partial charge >= 0.3 is 12.0 Å². The highest BCUT2D eigenvalue weighted by atomic mass is 19.1. The molecule has 5 nitrogen and oxygen atoms in total. The molecular weight excluding hydrogens is 275 g/mol. The summed E-state index contributed by atoms with van der Waals surface area (Å²) in [6, 6.07) is 5.43.